The molecule has 0 aromatic rings. The average molecular weight is 407 g/mol. The van der Waals surface area contributed by atoms with E-state index in [2.05, 4.69) is 13.2 Å². The molecule has 2 aliphatic rings. The lowest BCUT2D eigenvalue weighted by Gasteiger charge is -2.28. The minimum absolute atomic E-state index is 0.196. The van der Waals surface area contributed by atoms with Crippen LogP contribution in [0.2, 0.25) is 0 Å². The van der Waals surface area contributed by atoms with E-state index in [4.69, 9.17) is 10.3 Å². The second-order valence-corrected chi connectivity index (χ2v) is 11.0. The Labute approximate surface area is 159 Å². The average Bonchev–Trinajstić information content (AvgIpc) is 2.55. The molecule has 6 nitrogen and oxygen atoms in total. The molecule has 152 valence electrons. The molecule has 8 heteroatoms. The molecule has 0 heterocycles. The lowest BCUT2D eigenvalue weighted by Crippen LogP contribution is -2.37. The number of hydrogen-bond acceptors (Lipinski definition) is 4. The molecule has 2 saturated carbocycles. The van der Waals surface area contributed by atoms with Gasteiger partial charge in [-0.25, -0.2) is 27.1 Å². The number of hydrogen-bond donors (Lipinski definition) is 2. The van der Waals surface area contributed by atoms with Crippen LogP contribution >= 0.6 is 0 Å². The van der Waals surface area contributed by atoms with Crippen LogP contribution in [-0.4, -0.2) is 27.3 Å². The third-order valence-electron chi connectivity index (χ3n) is 5.46. The fourth-order valence-electron chi connectivity index (χ4n) is 4.18. The maximum absolute atomic E-state index is 11.2. The Morgan fingerprint density at radius 2 is 1.00 bits per heavy atom. The molecule has 0 bridgehead atoms. The molecule has 26 heavy (non-hydrogen) atoms. The summed E-state index contributed by atoms with van der Waals surface area (Å²) in [5.74, 6) is 0.391. The van der Waals surface area contributed by atoms with Crippen LogP contribution < -0.4 is 10.3 Å². The second kappa shape index (κ2) is 10.6. The van der Waals surface area contributed by atoms with Crippen LogP contribution in [0.5, 0.6) is 0 Å². The van der Waals surface area contributed by atoms with E-state index in [0.717, 1.165) is 64.2 Å². The van der Waals surface area contributed by atoms with E-state index in [1.807, 2.05) is 0 Å². The third kappa shape index (κ3) is 7.50. The Kier molecular flexibility index (Phi) is 9.50. The van der Waals surface area contributed by atoms with E-state index in [0.29, 0.717) is 0 Å². The first-order valence-corrected chi connectivity index (χ1v) is 12.6. The van der Waals surface area contributed by atoms with Crippen LogP contribution in [-0.2, 0) is 20.0 Å². The molecule has 0 aromatic heterocycles. The molecule has 0 aliphatic heterocycles. The predicted octanol–water partition coefficient (Wildman–Crippen LogP) is 2.82. The van der Waals surface area contributed by atoms with Gasteiger partial charge < -0.3 is 0 Å². The number of sulfonamides is 2. The zero-order valence-corrected chi connectivity index (χ0v) is 17.2. The van der Waals surface area contributed by atoms with Gasteiger partial charge in [0.05, 0.1) is 10.5 Å². The molecule has 0 aromatic carbocycles. The summed E-state index contributed by atoms with van der Waals surface area (Å²) in [6, 6.07) is 0. The van der Waals surface area contributed by atoms with E-state index >= 15 is 0 Å². The van der Waals surface area contributed by atoms with Crippen molar-refractivity contribution >= 4 is 20.0 Å². The largest absolute Gasteiger partial charge is 0.228 e. The molecule has 2 aliphatic carbocycles. The molecule has 4 atom stereocenters. The lowest BCUT2D eigenvalue weighted by molar-refractivity contribution is 0.359. The fraction of sp³-hybridized carbons (Fsp3) is 0.778. The van der Waals surface area contributed by atoms with Crippen LogP contribution in [0.4, 0.5) is 0 Å². The molecule has 2 fully saturated rings. The molecule has 0 amide bonds. The van der Waals surface area contributed by atoms with Crippen molar-refractivity contribution in [1.82, 2.24) is 0 Å². The van der Waals surface area contributed by atoms with Crippen molar-refractivity contribution in [3.05, 3.63) is 25.3 Å². The summed E-state index contributed by atoms with van der Waals surface area (Å²) in [6.07, 6.45) is 12.7. The minimum Gasteiger partial charge on any atom is -0.228 e. The molecule has 0 unspecified atom stereocenters. The summed E-state index contributed by atoms with van der Waals surface area (Å²) in [5, 5.41) is 9.67. The van der Waals surface area contributed by atoms with Crippen molar-refractivity contribution in [2.75, 3.05) is 0 Å². The zero-order chi connectivity index (χ0) is 19.8. The van der Waals surface area contributed by atoms with Gasteiger partial charge in [0.1, 0.15) is 0 Å². The smallest absolute Gasteiger partial charge is 0.212 e. The first-order chi connectivity index (χ1) is 12.1. The molecule has 4 N–H and O–H groups in total. The molecule has 2 rings (SSSR count). The van der Waals surface area contributed by atoms with Gasteiger partial charge in [0.15, 0.2) is 0 Å². The summed E-state index contributed by atoms with van der Waals surface area (Å²) < 4.78 is 44.9. The molecular formula is C18H34N2O4S2. The van der Waals surface area contributed by atoms with Crippen LogP contribution in [0.1, 0.15) is 64.2 Å². The van der Waals surface area contributed by atoms with E-state index < -0.39 is 20.0 Å². The van der Waals surface area contributed by atoms with E-state index in [1.165, 1.54) is 0 Å². The first-order valence-electron chi connectivity index (χ1n) is 9.36. The number of primary sulfonamides is 2. The normalized spacial score (nSPS) is 29.9. The standard InChI is InChI=1S/2C9H17NO2S/c2*1-2-5-8-6-3-4-7-9(8)13(10,11)12/h2*2,8-9H,1,3-7H2,(H2,10,11,12)/t2*8-,9-/m11/s1. The van der Waals surface area contributed by atoms with Crippen molar-refractivity contribution < 1.29 is 16.8 Å². The van der Waals surface area contributed by atoms with E-state index in [-0.39, 0.29) is 22.3 Å². The fourth-order valence-corrected chi connectivity index (χ4v) is 6.74. The summed E-state index contributed by atoms with van der Waals surface area (Å²) >= 11 is 0. The van der Waals surface area contributed by atoms with Gasteiger partial charge >= 0.3 is 0 Å². The highest BCUT2D eigenvalue weighted by Crippen LogP contribution is 2.31. The van der Waals surface area contributed by atoms with Crippen LogP contribution in [0.3, 0.4) is 0 Å². The number of allylic oxidation sites excluding steroid dienone is 2. The zero-order valence-electron chi connectivity index (χ0n) is 15.6. The van der Waals surface area contributed by atoms with Gasteiger partial charge in [-0.1, -0.05) is 37.8 Å². The maximum Gasteiger partial charge on any atom is 0.212 e. The van der Waals surface area contributed by atoms with Gasteiger partial charge in [0.25, 0.3) is 0 Å². The van der Waals surface area contributed by atoms with Crippen molar-refractivity contribution in [3.63, 3.8) is 0 Å². The predicted molar refractivity (Wildman–Crippen MR) is 107 cm³/mol. The summed E-state index contributed by atoms with van der Waals surface area (Å²) in [5.41, 5.74) is 0. The van der Waals surface area contributed by atoms with Gasteiger partial charge in [-0.2, -0.15) is 0 Å². The lowest BCUT2D eigenvalue weighted by atomic mass is 9.86. The Bertz CT molecular complexity index is 601. The van der Waals surface area contributed by atoms with Gasteiger partial charge in [0, 0.05) is 0 Å². The Morgan fingerprint density at radius 3 is 1.27 bits per heavy atom. The highest BCUT2D eigenvalue weighted by atomic mass is 32.2. The Hall–Kier alpha value is -0.700. The third-order valence-corrected chi connectivity index (χ3v) is 8.39. The van der Waals surface area contributed by atoms with E-state index in [1.54, 1.807) is 12.2 Å². The van der Waals surface area contributed by atoms with Crippen LogP contribution in [0, 0.1) is 11.8 Å². The van der Waals surface area contributed by atoms with Crippen molar-refractivity contribution in [2.24, 2.45) is 22.1 Å². The molecule has 0 radical (unpaired) electrons. The molecule has 0 spiro atoms. The highest BCUT2D eigenvalue weighted by Gasteiger charge is 2.33. The SMILES string of the molecule is C=CC[C@@H]1CCCC[C@H]1S(N)(=O)=O.C=CC[C@@H]1CCCC[C@H]1S(N)(=O)=O. The van der Waals surface area contributed by atoms with Crippen LogP contribution in [0.15, 0.2) is 25.3 Å². The monoisotopic (exact) mass is 406 g/mol. The summed E-state index contributed by atoms with van der Waals surface area (Å²) in [7, 11) is -6.69. The molecule has 0 saturated heterocycles. The maximum atomic E-state index is 11.2. The Morgan fingerprint density at radius 1 is 0.692 bits per heavy atom. The Balaban J connectivity index is 0.000000260. The minimum atomic E-state index is -3.35. The van der Waals surface area contributed by atoms with Gasteiger partial charge in [-0.05, 0) is 50.4 Å². The van der Waals surface area contributed by atoms with Crippen molar-refractivity contribution in [1.29, 1.82) is 0 Å². The van der Waals surface area contributed by atoms with Crippen molar-refractivity contribution in [3.8, 4) is 0 Å². The van der Waals surface area contributed by atoms with Crippen LogP contribution in [0.25, 0.3) is 0 Å². The van der Waals surface area contributed by atoms with Gasteiger partial charge in [-0.3, -0.25) is 0 Å². The highest BCUT2D eigenvalue weighted by molar-refractivity contribution is 7.90. The number of rotatable bonds is 6. The van der Waals surface area contributed by atoms with Gasteiger partial charge in [0.2, 0.25) is 20.0 Å². The quantitative estimate of drug-likeness (QED) is 0.659. The number of nitrogens with two attached hydrogens (primary N) is 2. The molecular weight excluding hydrogens is 372 g/mol. The topological polar surface area (TPSA) is 120 Å². The summed E-state index contributed by atoms with van der Waals surface area (Å²) in [4.78, 5) is 0. The first kappa shape index (κ1) is 23.3. The van der Waals surface area contributed by atoms with Gasteiger partial charge in [-0.15, -0.1) is 13.2 Å². The summed E-state index contributed by atoms with van der Waals surface area (Å²) in [6.45, 7) is 7.27. The van der Waals surface area contributed by atoms with Crippen molar-refractivity contribution in [2.45, 2.75) is 74.7 Å². The second-order valence-electron chi connectivity index (χ2n) is 7.39. The van der Waals surface area contributed by atoms with E-state index in [9.17, 15) is 16.8 Å².